The van der Waals surface area contributed by atoms with E-state index in [9.17, 15) is 0 Å². The van der Waals surface area contributed by atoms with E-state index >= 15 is 0 Å². The highest BCUT2D eigenvalue weighted by molar-refractivity contribution is 9.10. The summed E-state index contributed by atoms with van der Waals surface area (Å²) < 4.78 is 18.1. The van der Waals surface area contributed by atoms with E-state index in [2.05, 4.69) is 34.1 Å². The van der Waals surface area contributed by atoms with E-state index in [1.165, 1.54) is 5.56 Å². The molecule has 3 aromatic carbocycles. The van der Waals surface area contributed by atoms with Crippen molar-refractivity contribution in [2.75, 3.05) is 7.11 Å². The van der Waals surface area contributed by atoms with Gasteiger partial charge in [-0.25, -0.2) is 0 Å². The largest absolute Gasteiger partial charge is 0.496 e. The zero-order valence-corrected chi connectivity index (χ0v) is 16.5. The van der Waals surface area contributed by atoms with Crippen LogP contribution >= 0.6 is 15.9 Å². The molecule has 1 heterocycles. The molecule has 136 valence electrons. The van der Waals surface area contributed by atoms with Gasteiger partial charge in [-0.15, -0.1) is 0 Å². The van der Waals surface area contributed by atoms with Gasteiger partial charge in [-0.2, -0.15) is 0 Å². The Kier molecular flexibility index (Phi) is 5.16. The highest BCUT2D eigenvalue weighted by Crippen LogP contribution is 2.26. The van der Waals surface area contributed by atoms with Gasteiger partial charge in [0, 0.05) is 16.3 Å². The summed E-state index contributed by atoms with van der Waals surface area (Å²) in [7, 11) is 1.70. The molecule has 0 unspecified atom stereocenters. The summed E-state index contributed by atoms with van der Waals surface area (Å²) in [6.45, 7) is 0.410. The molecule has 0 aliphatic rings. The Hall–Kier alpha value is -2.72. The number of rotatable bonds is 6. The van der Waals surface area contributed by atoms with Crippen molar-refractivity contribution in [2.24, 2.45) is 0 Å². The summed E-state index contributed by atoms with van der Waals surface area (Å²) in [5.41, 5.74) is 3.22. The van der Waals surface area contributed by atoms with E-state index < -0.39 is 0 Å². The van der Waals surface area contributed by atoms with E-state index in [1.54, 1.807) is 7.11 Å². The van der Waals surface area contributed by atoms with E-state index in [0.29, 0.717) is 6.61 Å². The topological polar surface area (TPSA) is 31.6 Å². The first-order valence-electron chi connectivity index (χ1n) is 8.73. The lowest BCUT2D eigenvalue weighted by Gasteiger charge is -2.10. The molecule has 0 aliphatic heterocycles. The fourth-order valence-electron chi connectivity index (χ4n) is 3.07. The van der Waals surface area contributed by atoms with Crippen molar-refractivity contribution < 1.29 is 13.9 Å². The Bertz CT molecular complexity index is 1020. The highest BCUT2D eigenvalue weighted by atomic mass is 79.9. The van der Waals surface area contributed by atoms with Crippen molar-refractivity contribution in [3.8, 4) is 11.5 Å². The van der Waals surface area contributed by atoms with Gasteiger partial charge in [-0.05, 0) is 53.6 Å². The smallest absolute Gasteiger partial charge is 0.146 e. The molecular weight excluding hydrogens is 404 g/mol. The number of hydrogen-bond donors (Lipinski definition) is 0. The molecule has 0 saturated heterocycles. The normalized spacial score (nSPS) is 10.9. The summed E-state index contributed by atoms with van der Waals surface area (Å²) in [6, 6.07) is 24.2. The molecule has 0 bridgehead atoms. The molecule has 0 atom stereocenters. The number of methoxy groups -OCH3 is 1. The molecule has 4 rings (SSSR count). The first kappa shape index (κ1) is 17.7. The van der Waals surface area contributed by atoms with Crippen LogP contribution in [-0.2, 0) is 13.0 Å². The van der Waals surface area contributed by atoms with E-state index in [4.69, 9.17) is 13.9 Å². The monoisotopic (exact) mass is 422 g/mol. The maximum atomic E-state index is 5.86. The molecule has 0 aliphatic carbocycles. The van der Waals surface area contributed by atoms with Gasteiger partial charge in [-0.1, -0.05) is 46.3 Å². The number of benzene rings is 3. The molecule has 0 fully saturated rings. The minimum absolute atomic E-state index is 0.410. The summed E-state index contributed by atoms with van der Waals surface area (Å²) in [5.74, 6) is 2.53. The molecule has 3 nitrogen and oxygen atoms in total. The maximum Gasteiger partial charge on any atom is 0.146 e. The lowest BCUT2D eigenvalue weighted by Crippen LogP contribution is -1.96. The summed E-state index contributed by atoms with van der Waals surface area (Å²) in [4.78, 5) is 0. The molecule has 0 saturated carbocycles. The van der Waals surface area contributed by atoms with E-state index in [-0.39, 0.29) is 0 Å². The second-order valence-corrected chi connectivity index (χ2v) is 7.23. The van der Waals surface area contributed by atoms with Gasteiger partial charge < -0.3 is 13.9 Å². The highest BCUT2D eigenvalue weighted by Gasteiger charge is 2.07. The molecule has 0 amide bonds. The fourth-order valence-corrected chi connectivity index (χ4v) is 3.48. The Morgan fingerprint density at radius 3 is 2.52 bits per heavy atom. The number of fused-ring (bicyclic) bond motifs is 1. The molecule has 0 N–H and O–H groups in total. The second-order valence-electron chi connectivity index (χ2n) is 6.32. The number of furan rings is 1. The van der Waals surface area contributed by atoms with Crippen LogP contribution in [0.25, 0.3) is 11.0 Å². The van der Waals surface area contributed by atoms with Crippen molar-refractivity contribution in [1.29, 1.82) is 0 Å². The van der Waals surface area contributed by atoms with Crippen LogP contribution in [-0.4, -0.2) is 7.11 Å². The Morgan fingerprint density at radius 1 is 0.926 bits per heavy atom. The molecule has 4 aromatic rings. The van der Waals surface area contributed by atoms with Crippen LogP contribution in [0.15, 0.2) is 81.7 Å². The van der Waals surface area contributed by atoms with Crippen LogP contribution in [0.4, 0.5) is 0 Å². The van der Waals surface area contributed by atoms with E-state index in [1.807, 2.05) is 54.6 Å². The predicted molar refractivity (Wildman–Crippen MR) is 110 cm³/mol. The molecular formula is C23H19BrO3. The Morgan fingerprint density at radius 2 is 1.74 bits per heavy atom. The van der Waals surface area contributed by atoms with Crippen LogP contribution in [0.5, 0.6) is 11.5 Å². The standard InChI is InChI=1S/C23H19BrO3/c1-25-22-11-8-19(24)13-18(22)12-16-6-9-20(10-7-16)26-15-21-14-17-4-2-3-5-23(17)27-21/h2-11,13-14H,12,15H2,1H3. The van der Waals surface area contributed by atoms with Crippen LogP contribution < -0.4 is 9.47 Å². The zero-order valence-electron chi connectivity index (χ0n) is 14.9. The van der Waals surface area contributed by atoms with Crippen LogP contribution in [0.1, 0.15) is 16.9 Å². The summed E-state index contributed by atoms with van der Waals surface area (Å²) >= 11 is 3.52. The van der Waals surface area contributed by atoms with Crippen LogP contribution in [0.2, 0.25) is 0 Å². The van der Waals surface area contributed by atoms with Gasteiger partial charge in [0.15, 0.2) is 0 Å². The fraction of sp³-hybridized carbons (Fsp3) is 0.130. The third-order valence-electron chi connectivity index (χ3n) is 4.42. The average molecular weight is 423 g/mol. The van der Waals surface area contributed by atoms with Gasteiger partial charge in [0.25, 0.3) is 0 Å². The van der Waals surface area contributed by atoms with Gasteiger partial charge in [0.1, 0.15) is 29.4 Å². The minimum atomic E-state index is 0.410. The number of hydrogen-bond acceptors (Lipinski definition) is 3. The zero-order chi connectivity index (χ0) is 18.6. The first-order chi connectivity index (χ1) is 13.2. The number of para-hydroxylation sites is 1. The molecule has 4 heteroatoms. The van der Waals surface area contributed by atoms with Crippen LogP contribution in [0.3, 0.4) is 0 Å². The lowest BCUT2D eigenvalue weighted by atomic mass is 10.0. The Balaban J connectivity index is 1.42. The molecule has 0 spiro atoms. The second kappa shape index (κ2) is 7.89. The van der Waals surface area contributed by atoms with E-state index in [0.717, 1.165) is 44.7 Å². The third-order valence-corrected chi connectivity index (χ3v) is 4.91. The first-order valence-corrected chi connectivity index (χ1v) is 9.52. The van der Waals surface area contributed by atoms with Gasteiger partial charge in [0.2, 0.25) is 0 Å². The van der Waals surface area contributed by atoms with Crippen molar-refractivity contribution >= 4 is 26.9 Å². The lowest BCUT2D eigenvalue weighted by molar-refractivity contribution is 0.274. The van der Waals surface area contributed by atoms with Gasteiger partial charge in [0.05, 0.1) is 7.11 Å². The SMILES string of the molecule is COc1ccc(Br)cc1Cc1ccc(OCc2cc3ccccc3o2)cc1. The minimum Gasteiger partial charge on any atom is -0.496 e. The van der Waals surface area contributed by atoms with Gasteiger partial charge >= 0.3 is 0 Å². The molecule has 27 heavy (non-hydrogen) atoms. The summed E-state index contributed by atoms with van der Waals surface area (Å²) in [6.07, 6.45) is 0.798. The summed E-state index contributed by atoms with van der Waals surface area (Å²) in [5, 5.41) is 1.09. The predicted octanol–water partition coefficient (Wildman–Crippen LogP) is 6.37. The van der Waals surface area contributed by atoms with Crippen molar-refractivity contribution in [3.63, 3.8) is 0 Å². The van der Waals surface area contributed by atoms with Gasteiger partial charge in [-0.3, -0.25) is 0 Å². The van der Waals surface area contributed by atoms with Crippen molar-refractivity contribution in [2.45, 2.75) is 13.0 Å². The third kappa shape index (κ3) is 4.17. The molecule has 0 radical (unpaired) electrons. The molecule has 1 aromatic heterocycles. The van der Waals surface area contributed by atoms with Crippen molar-refractivity contribution in [1.82, 2.24) is 0 Å². The number of halogens is 1. The van der Waals surface area contributed by atoms with Crippen LogP contribution in [0, 0.1) is 0 Å². The Labute approximate surface area is 166 Å². The maximum absolute atomic E-state index is 5.86. The van der Waals surface area contributed by atoms with Crippen molar-refractivity contribution in [3.05, 3.63) is 94.2 Å². The quantitative estimate of drug-likeness (QED) is 0.361. The number of ether oxygens (including phenoxy) is 2. The average Bonchev–Trinajstić information content (AvgIpc) is 3.11.